The van der Waals surface area contributed by atoms with Crippen LogP contribution in [0.15, 0.2) is 42.5 Å². The van der Waals surface area contributed by atoms with Gasteiger partial charge in [0.1, 0.15) is 11.6 Å². The van der Waals surface area contributed by atoms with Gasteiger partial charge in [-0.15, -0.1) is 0 Å². The number of carbonyl (C=O) groups is 2. The highest BCUT2D eigenvalue weighted by molar-refractivity contribution is 6.30. The number of esters is 1. The smallest absolute Gasteiger partial charge is 0.344 e. The molecule has 7 heteroatoms. The number of amides is 1. The molecule has 0 aliphatic heterocycles. The van der Waals surface area contributed by atoms with Crippen molar-refractivity contribution in [2.45, 2.75) is 19.8 Å². The Bertz CT molecular complexity index is 795. The van der Waals surface area contributed by atoms with Crippen molar-refractivity contribution in [3.63, 3.8) is 0 Å². The average molecular weight is 380 g/mol. The molecule has 0 aromatic heterocycles. The van der Waals surface area contributed by atoms with Crippen LogP contribution in [-0.2, 0) is 14.3 Å². The molecule has 0 spiro atoms. The molecule has 2 rings (SSSR count). The van der Waals surface area contributed by atoms with Crippen LogP contribution < -0.4 is 10.1 Å². The van der Waals surface area contributed by atoms with E-state index in [2.05, 4.69) is 5.32 Å². The van der Waals surface area contributed by atoms with Crippen molar-refractivity contribution in [3.05, 3.63) is 58.9 Å². The first-order chi connectivity index (χ1) is 12.4. The second-order valence-electron chi connectivity index (χ2n) is 5.81. The molecule has 0 heterocycles. The number of para-hydroxylation sites is 1. The zero-order valence-electron chi connectivity index (χ0n) is 14.4. The number of nitrogens with one attached hydrogen (secondary N) is 1. The summed E-state index contributed by atoms with van der Waals surface area (Å²) in [4.78, 5) is 23.5. The van der Waals surface area contributed by atoms with Crippen LogP contribution in [0.1, 0.15) is 25.3 Å². The topological polar surface area (TPSA) is 64.6 Å². The van der Waals surface area contributed by atoms with Gasteiger partial charge in [-0.1, -0.05) is 43.6 Å². The number of halogens is 2. The first-order valence-electron chi connectivity index (χ1n) is 7.99. The number of benzene rings is 2. The van der Waals surface area contributed by atoms with E-state index < -0.39 is 24.3 Å². The molecule has 0 aliphatic carbocycles. The summed E-state index contributed by atoms with van der Waals surface area (Å²) in [7, 11) is 0. The van der Waals surface area contributed by atoms with E-state index in [9.17, 15) is 14.0 Å². The molecule has 0 fully saturated rings. The zero-order valence-corrected chi connectivity index (χ0v) is 15.2. The molecular weight excluding hydrogens is 361 g/mol. The Labute approximate surface area is 156 Å². The van der Waals surface area contributed by atoms with E-state index in [0.29, 0.717) is 5.75 Å². The predicted octanol–water partition coefficient (Wildman–Crippen LogP) is 4.16. The molecule has 5 nitrogen and oxygen atoms in total. The third-order valence-corrected chi connectivity index (χ3v) is 3.69. The molecule has 0 saturated heterocycles. The van der Waals surface area contributed by atoms with Crippen molar-refractivity contribution >= 4 is 29.2 Å². The first-order valence-corrected chi connectivity index (χ1v) is 8.37. The molecule has 1 amide bonds. The van der Waals surface area contributed by atoms with Gasteiger partial charge in [0, 0.05) is 5.02 Å². The van der Waals surface area contributed by atoms with Gasteiger partial charge in [0.2, 0.25) is 0 Å². The fourth-order valence-electron chi connectivity index (χ4n) is 2.19. The lowest BCUT2D eigenvalue weighted by atomic mass is 10.0. The second kappa shape index (κ2) is 9.20. The molecule has 0 aliphatic rings. The Kier molecular flexibility index (Phi) is 6.97. The van der Waals surface area contributed by atoms with Gasteiger partial charge in [-0.25, -0.2) is 9.18 Å². The van der Waals surface area contributed by atoms with Crippen molar-refractivity contribution in [3.8, 4) is 5.75 Å². The van der Waals surface area contributed by atoms with Crippen LogP contribution in [0, 0.1) is 5.82 Å². The predicted molar refractivity (Wildman–Crippen MR) is 97.0 cm³/mol. The van der Waals surface area contributed by atoms with E-state index in [1.807, 2.05) is 26.0 Å². The van der Waals surface area contributed by atoms with Gasteiger partial charge in [0.05, 0.1) is 5.69 Å². The molecule has 0 saturated carbocycles. The summed E-state index contributed by atoms with van der Waals surface area (Å²) in [6, 6.07) is 11.2. The molecule has 0 bridgehead atoms. The van der Waals surface area contributed by atoms with Crippen molar-refractivity contribution in [1.82, 2.24) is 0 Å². The number of rotatable bonds is 7. The van der Waals surface area contributed by atoms with Crippen molar-refractivity contribution in [1.29, 1.82) is 0 Å². The van der Waals surface area contributed by atoms with E-state index >= 15 is 0 Å². The highest BCUT2D eigenvalue weighted by Crippen LogP contribution is 2.25. The number of carbonyl (C=O) groups excluding carboxylic acids is 2. The number of hydrogen-bond acceptors (Lipinski definition) is 4. The molecule has 0 atom stereocenters. The second-order valence-corrected chi connectivity index (χ2v) is 6.25. The monoisotopic (exact) mass is 379 g/mol. The number of anilines is 1. The van der Waals surface area contributed by atoms with Crippen LogP contribution in [0.3, 0.4) is 0 Å². The zero-order chi connectivity index (χ0) is 19.1. The van der Waals surface area contributed by atoms with E-state index in [0.717, 1.165) is 11.6 Å². The molecule has 2 aromatic carbocycles. The minimum Gasteiger partial charge on any atom is -0.482 e. The van der Waals surface area contributed by atoms with Crippen LogP contribution in [0.4, 0.5) is 10.1 Å². The van der Waals surface area contributed by atoms with Gasteiger partial charge in [0.25, 0.3) is 5.91 Å². The lowest BCUT2D eigenvalue weighted by molar-refractivity contribution is -0.149. The third-order valence-electron chi connectivity index (χ3n) is 3.46. The van der Waals surface area contributed by atoms with Crippen LogP contribution in [-0.4, -0.2) is 25.1 Å². The number of ether oxygens (including phenoxy) is 2. The lowest BCUT2D eigenvalue weighted by Gasteiger charge is -2.13. The highest BCUT2D eigenvalue weighted by atomic mass is 35.5. The summed E-state index contributed by atoms with van der Waals surface area (Å²) in [5, 5.41) is 2.51. The molecule has 138 valence electrons. The van der Waals surface area contributed by atoms with E-state index in [1.165, 1.54) is 12.1 Å². The summed E-state index contributed by atoms with van der Waals surface area (Å²) in [6.45, 7) is 3.16. The molecular formula is C19H19ClFNO4. The molecule has 0 unspecified atom stereocenters. The van der Waals surface area contributed by atoms with Crippen LogP contribution >= 0.6 is 11.6 Å². The van der Waals surface area contributed by atoms with E-state index in [1.54, 1.807) is 12.1 Å². The standard InChI is InChI=1S/C19H19ClFNO4/c1-12(2)14-5-3-4-6-17(14)25-11-19(24)26-10-18(23)22-16-8-7-13(20)9-15(16)21/h3-9,12H,10-11H2,1-2H3,(H,22,23). The SMILES string of the molecule is CC(C)c1ccccc1OCC(=O)OCC(=O)Nc1ccc(Cl)cc1F. The van der Waals surface area contributed by atoms with Crippen molar-refractivity contribution < 1.29 is 23.5 Å². The maximum Gasteiger partial charge on any atom is 0.344 e. The maximum absolute atomic E-state index is 13.6. The van der Waals surface area contributed by atoms with Crippen molar-refractivity contribution in [2.75, 3.05) is 18.5 Å². The largest absolute Gasteiger partial charge is 0.482 e. The van der Waals surface area contributed by atoms with E-state index in [-0.39, 0.29) is 23.2 Å². The van der Waals surface area contributed by atoms with Gasteiger partial charge in [-0.2, -0.15) is 0 Å². The molecule has 0 radical (unpaired) electrons. The minimum absolute atomic E-state index is 0.0439. The van der Waals surface area contributed by atoms with Crippen LogP contribution in [0.5, 0.6) is 5.75 Å². The van der Waals surface area contributed by atoms with Crippen LogP contribution in [0.2, 0.25) is 5.02 Å². The van der Waals surface area contributed by atoms with Gasteiger partial charge < -0.3 is 14.8 Å². The fourth-order valence-corrected chi connectivity index (χ4v) is 2.35. The van der Waals surface area contributed by atoms with Crippen molar-refractivity contribution in [2.24, 2.45) is 0 Å². The quantitative estimate of drug-likeness (QED) is 0.733. The van der Waals surface area contributed by atoms with Gasteiger partial charge in [-0.3, -0.25) is 4.79 Å². The number of hydrogen-bond donors (Lipinski definition) is 1. The summed E-state index contributed by atoms with van der Waals surface area (Å²) >= 11 is 5.64. The van der Waals surface area contributed by atoms with E-state index in [4.69, 9.17) is 21.1 Å². The summed E-state index contributed by atoms with van der Waals surface area (Å²) in [5.41, 5.74) is 0.925. The Morgan fingerprint density at radius 3 is 2.58 bits per heavy atom. The Morgan fingerprint density at radius 2 is 1.88 bits per heavy atom. The molecule has 26 heavy (non-hydrogen) atoms. The Hall–Kier alpha value is -2.60. The van der Waals surface area contributed by atoms with Gasteiger partial charge in [0.15, 0.2) is 13.2 Å². The summed E-state index contributed by atoms with van der Waals surface area (Å²) in [6.07, 6.45) is 0. The Morgan fingerprint density at radius 1 is 1.15 bits per heavy atom. The third kappa shape index (κ3) is 5.74. The minimum atomic E-state index is -0.699. The molecule has 2 aromatic rings. The normalized spacial score (nSPS) is 10.5. The fraction of sp³-hybridized carbons (Fsp3) is 0.263. The first kappa shape index (κ1) is 19.7. The van der Waals surface area contributed by atoms with Gasteiger partial charge >= 0.3 is 5.97 Å². The Balaban J connectivity index is 1.81. The molecule has 1 N–H and O–H groups in total. The summed E-state index contributed by atoms with van der Waals surface area (Å²) in [5.74, 6) is -1.21. The average Bonchev–Trinajstić information content (AvgIpc) is 2.60. The van der Waals surface area contributed by atoms with Crippen LogP contribution in [0.25, 0.3) is 0 Å². The summed E-state index contributed by atoms with van der Waals surface area (Å²) < 4.78 is 23.9. The maximum atomic E-state index is 13.6. The van der Waals surface area contributed by atoms with Gasteiger partial charge in [-0.05, 0) is 35.7 Å². The highest BCUT2D eigenvalue weighted by Gasteiger charge is 2.13. The lowest BCUT2D eigenvalue weighted by Crippen LogP contribution is -2.24.